The van der Waals surface area contributed by atoms with Crippen LogP contribution in [-0.2, 0) is 11.2 Å². The fraction of sp³-hybridized carbons (Fsp3) is 0.824. The third-order valence-corrected chi connectivity index (χ3v) is 5.50. The summed E-state index contributed by atoms with van der Waals surface area (Å²) in [5.74, 6) is 1.60. The fourth-order valence-electron chi connectivity index (χ4n) is 3.31. The lowest BCUT2D eigenvalue weighted by atomic mass is 9.80. The van der Waals surface area contributed by atoms with Gasteiger partial charge >= 0.3 is 0 Å². The summed E-state index contributed by atoms with van der Waals surface area (Å²) < 4.78 is 5.35. The van der Waals surface area contributed by atoms with E-state index in [1.807, 2.05) is 25.7 Å². The summed E-state index contributed by atoms with van der Waals surface area (Å²) in [6, 6.07) is 0.0756. The van der Waals surface area contributed by atoms with Crippen molar-refractivity contribution in [1.82, 2.24) is 19.9 Å². The topological polar surface area (TPSA) is 88.5 Å². The van der Waals surface area contributed by atoms with E-state index in [2.05, 4.69) is 22.0 Å². The second-order valence-corrected chi connectivity index (χ2v) is 6.60. The van der Waals surface area contributed by atoms with E-state index in [1.54, 1.807) is 0 Å². The second kappa shape index (κ2) is 8.07. The average Bonchev–Trinajstić information content (AvgIpc) is 3.12. The first kappa shape index (κ1) is 18.9. The van der Waals surface area contributed by atoms with Gasteiger partial charge in [0.15, 0.2) is 5.82 Å². The van der Waals surface area contributed by atoms with Crippen molar-refractivity contribution in [1.29, 1.82) is 0 Å². The molecule has 0 aromatic carbocycles. The maximum Gasteiger partial charge on any atom is 0.243 e. The van der Waals surface area contributed by atoms with Gasteiger partial charge in [0.25, 0.3) is 0 Å². The number of aryl methyl sites for hydroxylation is 1. The van der Waals surface area contributed by atoms with Crippen LogP contribution in [0.2, 0.25) is 0 Å². The molecule has 1 aliphatic rings. The molecule has 1 saturated heterocycles. The summed E-state index contributed by atoms with van der Waals surface area (Å²) in [4.78, 5) is 21.6. The summed E-state index contributed by atoms with van der Waals surface area (Å²) >= 11 is 0. The first-order valence-electron chi connectivity index (χ1n) is 9.07. The zero-order chi connectivity index (χ0) is 17.7. The van der Waals surface area contributed by atoms with Gasteiger partial charge in [-0.3, -0.25) is 9.69 Å². The SMILES string of the molecule is CCc1noc(C(C)N2CCN(C(=O)C(CC)(CC)CN)CC2)n1. The lowest BCUT2D eigenvalue weighted by molar-refractivity contribution is -0.144. The van der Waals surface area contributed by atoms with Gasteiger partial charge in [-0.15, -0.1) is 0 Å². The molecular weight excluding hydrogens is 306 g/mol. The average molecular weight is 337 g/mol. The summed E-state index contributed by atoms with van der Waals surface area (Å²) in [6.07, 6.45) is 2.35. The molecule has 0 spiro atoms. The Balaban J connectivity index is 1.96. The number of nitrogens with two attached hydrogens (primary N) is 1. The van der Waals surface area contributed by atoms with Crippen LogP contribution in [-0.4, -0.2) is 58.6 Å². The molecule has 1 aliphatic heterocycles. The van der Waals surface area contributed by atoms with Crippen LogP contribution in [0.15, 0.2) is 4.52 Å². The molecule has 7 heteroatoms. The predicted octanol–water partition coefficient (Wildman–Crippen LogP) is 1.60. The van der Waals surface area contributed by atoms with E-state index >= 15 is 0 Å². The van der Waals surface area contributed by atoms with Crippen LogP contribution in [0.1, 0.15) is 58.3 Å². The quantitative estimate of drug-likeness (QED) is 0.813. The summed E-state index contributed by atoms with van der Waals surface area (Å²) in [6.45, 7) is 11.7. The van der Waals surface area contributed by atoms with Crippen molar-refractivity contribution >= 4 is 5.91 Å². The largest absolute Gasteiger partial charge is 0.340 e. The molecule has 1 fully saturated rings. The monoisotopic (exact) mass is 337 g/mol. The van der Waals surface area contributed by atoms with Gasteiger partial charge in [0, 0.05) is 39.1 Å². The van der Waals surface area contributed by atoms with Gasteiger partial charge in [-0.05, 0) is 19.8 Å². The van der Waals surface area contributed by atoms with Crippen LogP contribution in [0.3, 0.4) is 0 Å². The number of rotatable bonds is 7. The predicted molar refractivity (Wildman–Crippen MR) is 92.3 cm³/mol. The summed E-state index contributed by atoms with van der Waals surface area (Å²) in [5, 5.41) is 3.97. The smallest absolute Gasteiger partial charge is 0.243 e. The number of aromatic nitrogens is 2. The minimum atomic E-state index is -0.406. The van der Waals surface area contributed by atoms with Crippen LogP contribution >= 0.6 is 0 Å². The van der Waals surface area contributed by atoms with E-state index in [-0.39, 0.29) is 11.9 Å². The minimum Gasteiger partial charge on any atom is -0.340 e. The normalized spacial score (nSPS) is 18.0. The zero-order valence-electron chi connectivity index (χ0n) is 15.4. The highest BCUT2D eigenvalue weighted by molar-refractivity contribution is 5.83. The number of amides is 1. The Hall–Kier alpha value is -1.47. The molecule has 2 rings (SSSR count). The van der Waals surface area contributed by atoms with E-state index in [4.69, 9.17) is 10.3 Å². The van der Waals surface area contributed by atoms with Crippen molar-refractivity contribution in [3.63, 3.8) is 0 Å². The van der Waals surface area contributed by atoms with Crippen molar-refractivity contribution in [2.24, 2.45) is 11.1 Å². The van der Waals surface area contributed by atoms with Gasteiger partial charge in [0.2, 0.25) is 11.8 Å². The van der Waals surface area contributed by atoms with Crippen LogP contribution in [0, 0.1) is 5.41 Å². The molecule has 1 aromatic rings. The van der Waals surface area contributed by atoms with Crippen LogP contribution in [0.25, 0.3) is 0 Å². The molecule has 0 saturated carbocycles. The molecule has 2 N–H and O–H groups in total. The van der Waals surface area contributed by atoms with E-state index in [0.29, 0.717) is 12.4 Å². The second-order valence-electron chi connectivity index (χ2n) is 6.60. The van der Waals surface area contributed by atoms with Crippen molar-refractivity contribution < 1.29 is 9.32 Å². The maximum atomic E-state index is 12.9. The van der Waals surface area contributed by atoms with Gasteiger partial charge < -0.3 is 15.2 Å². The van der Waals surface area contributed by atoms with Crippen molar-refractivity contribution in [3.8, 4) is 0 Å². The summed E-state index contributed by atoms with van der Waals surface area (Å²) in [7, 11) is 0. The molecule has 2 heterocycles. The van der Waals surface area contributed by atoms with E-state index in [9.17, 15) is 4.79 Å². The zero-order valence-corrected chi connectivity index (χ0v) is 15.4. The summed E-state index contributed by atoms with van der Waals surface area (Å²) in [5.41, 5.74) is 5.51. The van der Waals surface area contributed by atoms with E-state index in [1.165, 1.54) is 0 Å². The van der Waals surface area contributed by atoms with Crippen LogP contribution in [0.5, 0.6) is 0 Å². The lowest BCUT2D eigenvalue weighted by Crippen LogP contribution is -2.55. The molecule has 24 heavy (non-hydrogen) atoms. The number of carbonyl (C=O) groups excluding carboxylic acids is 1. The Morgan fingerprint density at radius 3 is 2.33 bits per heavy atom. The Labute approximate surface area is 144 Å². The van der Waals surface area contributed by atoms with Gasteiger partial charge in [0.05, 0.1) is 11.5 Å². The van der Waals surface area contributed by atoms with Gasteiger partial charge in [0.1, 0.15) is 0 Å². The Morgan fingerprint density at radius 2 is 1.88 bits per heavy atom. The third kappa shape index (κ3) is 3.62. The molecular formula is C17H31N5O2. The van der Waals surface area contributed by atoms with Crippen molar-refractivity contribution in [3.05, 3.63) is 11.7 Å². The minimum absolute atomic E-state index is 0.0756. The van der Waals surface area contributed by atoms with Gasteiger partial charge in [-0.25, -0.2) is 0 Å². The lowest BCUT2D eigenvalue weighted by Gasteiger charge is -2.41. The van der Waals surface area contributed by atoms with Crippen molar-refractivity contribution in [2.75, 3.05) is 32.7 Å². The Morgan fingerprint density at radius 1 is 1.25 bits per heavy atom. The Kier molecular flexibility index (Phi) is 6.34. The molecule has 136 valence electrons. The van der Waals surface area contributed by atoms with Gasteiger partial charge in [-0.1, -0.05) is 25.9 Å². The number of carbonyl (C=O) groups is 1. The third-order valence-electron chi connectivity index (χ3n) is 5.50. The highest BCUT2D eigenvalue weighted by atomic mass is 16.5. The first-order chi connectivity index (χ1) is 11.5. The molecule has 0 radical (unpaired) electrons. The molecule has 1 aromatic heterocycles. The highest BCUT2D eigenvalue weighted by Crippen LogP contribution is 2.29. The molecule has 1 atom stereocenters. The molecule has 1 amide bonds. The molecule has 1 unspecified atom stereocenters. The van der Waals surface area contributed by atoms with Crippen molar-refractivity contribution in [2.45, 2.75) is 53.0 Å². The molecule has 0 aliphatic carbocycles. The van der Waals surface area contributed by atoms with E-state index < -0.39 is 5.41 Å². The maximum absolute atomic E-state index is 12.9. The molecule has 7 nitrogen and oxygen atoms in total. The first-order valence-corrected chi connectivity index (χ1v) is 9.07. The van der Waals surface area contributed by atoms with Crippen LogP contribution < -0.4 is 5.73 Å². The fourth-order valence-corrected chi connectivity index (χ4v) is 3.31. The number of hydrogen-bond donors (Lipinski definition) is 1. The highest BCUT2D eigenvalue weighted by Gasteiger charge is 2.38. The van der Waals surface area contributed by atoms with Gasteiger partial charge in [-0.2, -0.15) is 4.98 Å². The van der Waals surface area contributed by atoms with E-state index in [0.717, 1.165) is 51.3 Å². The number of hydrogen-bond acceptors (Lipinski definition) is 6. The number of nitrogens with zero attached hydrogens (tertiary/aromatic N) is 4. The number of piperazine rings is 1. The molecule has 0 bridgehead atoms. The standard InChI is InChI=1S/C17H31N5O2/c1-5-14-19-15(24-20-14)13(4)21-8-10-22(11-9-21)16(23)17(6-2,7-3)12-18/h13H,5-12,18H2,1-4H3. The Bertz CT molecular complexity index is 525. The van der Waals surface area contributed by atoms with Crippen LogP contribution in [0.4, 0.5) is 0 Å².